The predicted octanol–water partition coefficient (Wildman–Crippen LogP) is 2.25. The Morgan fingerprint density at radius 2 is 2.15 bits per heavy atom. The number of carbonyl (C=O) groups excluding carboxylic acids is 1. The Kier molecular flexibility index (Phi) is 11.7. The van der Waals surface area contributed by atoms with E-state index >= 15 is 0 Å². The second-order valence-electron chi connectivity index (χ2n) is 6.70. The number of carbonyl (C=O) groups is 1. The minimum atomic E-state index is -0.169. The van der Waals surface area contributed by atoms with Crippen molar-refractivity contribution in [3.05, 3.63) is 34.9 Å². The van der Waals surface area contributed by atoms with Gasteiger partial charge in [-0.15, -0.1) is 24.0 Å². The molecule has 0 saturated carbocycles. The molecule has 0 spiro atoms. The fraction of sp³-hybridized carbons (Fsp3) is 0.579. The number of aliphatic imine (C=N–C) groups is 1. The van der Waals surface area contributed by atoms with Crippen LogP contribution in [0.2, 0.25) is 5.02 Å². The van der Waals surface area contributed by atoms with Gasteiger partial charge in [-0.05, 0) is 56.5 Å². The number of hydrogen-bond donors (Lipinski definition) is 3. The van der Waals surface area contributed by atoms with E-state index in [0.717, 1.165) is 69.4 Å². The van der Waals surface area contributed by atoms with E-state index in [0.29, 0.717) is 0 Å². The van der Waals surface area contributed by atoms with Crippen LogP contribution in [-0.4, -0.2) is 56.5 Å². The Hall–Kier alpha value is -1.06. The van der Waals surface area contributed by atoms with Crippen LogP contribution in [0.4, 0.5) is 0 Å². The third-order valence-electron chi connectivity index (χ3n) is 4.67. The molecule has 1 fully saturated rings. The number of rotatable bonds is 8. The number of hydrogen-bond acceptors (Lipinski definition) is 3. The number of benzene rings is 1. The highest BCUT2D eigenvalue weighted by molar-refractivity contribution is 14.0. The third kappa shape index (κ3) is 9.12. The molecule has 1 aromatic rings. The molecule has 1 unspecified atom stereocenters. The van der Waals surface area contributed by atoms with Crippen molar-refractivity contribution >= 4 is 47.4 Å². The molecule has 0 aromatic heterocycles. The standard InChI is InChI=1S/C19H30ClN5O.HI/c1-22-19(24-10-8-15-5-2-7-17(20)13-15)23-9-4-12-25-11-3-6-16(14-25)18(21)26;/h2,5,7,13,16H,3-4,6,8-12,14H2,1H3,(H2,21,26)(H2,22,23,24);1H. The summed E-state index contributed by atoms with van der Waals surface area (Å²) in [6.45, 7) is 4.45. The first-order valence-electron chi connectivity index (χ1n) is 9.29. The van der Waals surface area contributed by atoms with Crippen molar-refractivity contribution in [1.29, 1.82) is 0 Å². The van der Waals surface area contributed by atoms with Crippen LogP contribution in [0.25, 0.3) is 0 Å². The van der Waals surface area contributed by atoms with Crippen molar-refractivity contribution in [3.63, 3.8) is 0 Å². The fourth-order valence-electron chi connectivity index (χ4n) is 3.24. The number of piperidine rings is 1. The molecule has 8 heteroatoms. The van der Waals surface area contributed by atoms with Gasteiger partial charge in [-0.1, -0.05) is 23.7 Å². The summed E-state index contributed by atoms with van der Waals surface area (Å²) >= 11 is 6.00. The molecule has 0 bridgehead atoms. The lowest BCUT2D eigenvalue weighted by molar-refractivity contribution is -0.123. The van der Waals surface area contributed by atoms with Gasteiger partial charge >= 0.3 is 0 Å². The van der Waals surface area contributed by atoms with Crippen molar-refractivity contribution in [3.8, 4) is 0 Å². The first-order chi connectivity index (χ1) is 12.6. The van der Waals surface area contributed by atoms with Crippen molar-refractivity contribution in [1.82, 2.24) is 15.5 Å². The van der Waals surface area contributed by atoms with E-state index in [-0.39, 0.29) is 35.8 Å². The van der Waals surface area contributed by atoms with Gasteiger partial charge in [-0.2, -0.15) is 0 Å². The summed E-state index contributed by atoms with van der Waals surface area (Å²) in [5, 5.41) is 7.42. The third-order valence-corrected chi connectivity index (χ3v) is 4.91. The highest BCUT2D eigenvalue weighted by Gasteiger charge is 2.23. The van der Waals surface area contributed by atoms with Gasteiger partial charge in [0.25, 0.3) is 0 Å². The van der Waals surface area contributed by atoms with E-state index in [1.165, 1.54) is 5.56 Å². The summed E-state index contributed by atoms with van der Waals surface area (Å²) in [5.74, 6) is 0.649. The largest absolute Gasteiger partial charge is 0.369 e. The highest BCUT2D eigenvalue weighted by atomic mass is 127. The van der Waals surface area contributed by atoms with Crippen molar-refractivity contribution in [2.75, 3.05) is 39.8 Å². The molecule has 1 saturated heterocycles. The van der Waals surface area contributed by atoms with Gasteiger partial charge in [0.2, 0.25) is 5.91 Å². The number of nitrogens with two attached hydrogens (primary N) is 1. The van der Waals surface area contributed by atoms with Crippen LogP contribution in [0.3, 0.4) is 0 Å². The predicted molar refractivity (Wildman–Crippen MR) is 123 cm³/mol. The van der Waals surface area contributed by atoms with E-state index in [4.69, 9.17) is 17.3 Å². The van der Waals surface area contributed by atoms with Crippen molar-refractivity contribution in [2.24, 2.45) is 16.6 Å². The second-order valence-corrected chi connectivity index (χ2v) is 7.14. The number of likely N-dealkylation sites (tertiary alicyclic amines) is 1. The number of nitrogens with zero attached hydrogens (tertiary/aromatic N) is 2. The Morgan fingerprint density at radius 3 is 2.85 bits per heavy atom. The molecular formula is C19H31ClIN5O. The topological polar surface area (TPSA) is 82.8 Å². The summed E-state index contributed by atoms with van der Waals surface area (Å²) in [4.78, 5) is 17.9. The van der Waals surface area contributed by atoms with Gasteiger partial charge in [0, 0.05) is 31.7 Å². The Balaban J connectivity index is 0.00000364. The van der Waals surface area contributed by atoms with Gasteiger partial charge in [0.05, 0.1) is 5.92 Å². The quantitative estimate of drug-likeness (QED) is 0.218. The lowest BCUT2D eigenvalue weighted by Crippen LogP contribution is -2.43. The average molecular weight is 508 g/mol. The summed E-state index contributed by atoms with van der Waals surface area (Å²) in [7, 11) is 1.77. The van der Waals surface area contributed by atoms with E-state index in [1.807, 2.05) is 18.2 Å². The van der Waals surface area contributed by atoms with E-state index in [1.54, 1.807) is 7.05 Å². The van der Waals surface area contributed by atoms with Gasteiger partial charge in [0.15, 0.2) is 5.96 Å². The van der Waals surface area contributed by atoms with Gasteiger partial charge < -0.3 is 21.3 Å². The summed E-state index contributed by atoms with van der Waals surface area (Å²) in [5.41, 5.74) is 6.63. The summed E-state index contributed by atoms with van der Waals surface area (Å²) in [6.07, 6.45) is 3.87. The second kappa shape index (κ2) is 13.2. The normalized spacial score (nSPS) is 17.9. The lowest BCUT2D eigenvalue weighted by atomic mass is 9.97. The van der Waals surface area contributed by atoms with Crippen LogP contribution < -0.4 is 16.4 Å². The average Bonchev–Trinajstić information content (AvgIpc) is 2.64. The molecule has 0 aliphatic carbocycles. The smallest absolute Gasteiger partial charge is 0.221 e. The van der Waals surface area contributed by atoms with Crippen LogP contribution >= 0.6 is 35.6 Å². The van der Waals surface area contributed by atoms with Gasteiger partial charge in [-0.25, -0.2) is 0 Å². The number of primary amides is 1. The zero-order chi connectivity index (χ0) is 18.8. The number of halogens is 2. The van der Waals surface area contributed by atoms with Crippen molar-refractivity contribution < 1.29 is 4.79 Å². The first-order valence-corrected chi connectivity index (χ1v) is 9.67. The summed E-state index contributed by atoms with van der Waals surface area (Å²) < 4.78 is 0. The van der Waals surface area contributed by atoms with E-state index in [9.17, 15) is 4.79 Å². The molecule has 1 heterocycles. The molecule has 1 atom stereocenters. The number of guanidine groups is 1. The van der Waals surface area contributed by atoms with Gasteiger partial charge in [-0.3, -0.25) is 9.79 Å². The summed E-state index contributed by atoms with van der Waals surface area (Å²) in [6, 6.07) is 7.90. The minimum Gasteiger partial charge on any atom is -0.369 e. The molecular weight excluding hydrogens is 477 g/mol. The Morgan fingerprint density at radius 1 is 1.37 bits per heavy atom. The lowest BCUT2D eigenvalue weighted by Gasteiger charge is -2.31. The fourth-order valence-corrected chi connectivity index (χ4v) is 3.45. The van der Waals surface area contributed by atoms with Crippen LogP contribution in [0.1, 0.15) is 24.8 Å². The molecule has 1 amide bonds. The molecule has 1 aromatic carbocycles. The SMILES string of the molecule is CN=C(NCCCN1CCCC(C(N)=O)C1)NCCc1cccc(Cl)c1.I. The highest BCUT2D eigenvalue weighted by Crippen LogP contribution is 2.15. The molecule has 0 radical (unpaired) electrons. The minimum absolute atomic E-state index is 0. The number of nitrogens with one attached hydrogen (secondary N) is 2. The molecule has 1 aliphatic heterocycles. The first kappa shape index (κ1) is 24.0. The maximum Gasteiger partial charge on any atom is 0.221 e. The molecule has 152 valence electrons. The molecule has 1 aliphatic rings. The molecule has 6 nitrogen and oxygen atoms in total. The maximum absolute atomic E-state index is 11.3. The van der Waals surface area contributed by atoms with Crippen LogP contribution in [0, 0.1) is 5.92 Å². The van der Waals surface area contributed by atoms with Gasteiger partial charge in [0.1, 0.15) is 0 Å². The van der Waals surface area contributed by atoms with E-state index < -0.39 is 0 Å². The molecule has 27 heavy (non-hydrogen) atoms. The van der Waals surface area contributed by atoms with Crippen LogP contribution in [0.15, 0.2) is 29.3 Å². The van der Waals surface area contributed by atoms with Crippen molar-refractivity contribution in [2.45, 2.75) is 25.7 Å². The Labute approximate surface area is 184 Å². The van der Waals surface area contributed by atoms with E-state index in [2.05, 4.69) is 26.6 Å². The monoisotopic (exact) mass is 507 g/mol. The van der Waals surface area contributed by atoms with Crippen LogP contribution in [-0.2, 0) is 11.2 Å². The van der Waals surface area contributed by atoms with Crippen LogP contribution in [0.5, 0.6) is 0 Å². The Bertz CT molecular complexity index is 614. The number of amides is 1. The maximum atomic E-state index is 11.3. The molecule has 2 rings (SSSR count). The zero-order valence-electron chi connectivity index (χ0n) is 15.9. The zero-order valence-corrected chi connectivity index (χ0v) is 19.0. The molecule has 4 N–H and O–H groups in total.